The number of carbonyl (C=O) groups is 2. The van der Waals surface area contributed by atoms with Crippen LogP contribution in [0.25, 0.3) is 0 Å². The number of benzene rings is 2. The van der Waals surface area contributed by atoms with Gasteiger partial charge in [-0.3, -0.25) is 9.59 Å². The molecule has 0 aliphatic carbocycles. The fourth-order valence-corrected chi connectivity index (χ4v) is 3.69. The van der Waals surface area contributed by atoms with Gasteiger partial charge in [0.1, 0.15) is 22.6 Å². The molecule has 0 fully saturated rings. The van der Waals surface area contributed by atoms with E-state index in [-0.39, 0.29) is 21.6 Å². The third-order valence-corrected chi connectivity index (χ3v) is 5.30. The molecule has 2 aromatic carbocycles. The Bertz CT molecular complexity index is 1100. The monoisotopic (exact) mass is 409 g/mol. The number of ketones is 1. The van der Waals surface area contributed by atoms with E-state index < -0.39 is 17.8 Å². The first kappa shape index (κ1) is 20.0. The number of hydrogen-bond donors (Lipinski definition) is 2. The summed E-state index contributed by atoms with van der Waals surface area (Å²) < 4.78 is 13.3. The number of nitrogens with zero attached hydrogens (tertiary/aromatic N) is 3. The first-order valence-corrected chi connectivity index (χ1v) is 9.28. The number of rotatable bonds is 6. The molecule has 3 rings (SSSR count). The molecule has 29 heavy (non-hydrogen) atoms. The number of nitrogen functional groups attached to an aromatic ring is 1. The number of nitriles is 1. The molecule has 0 bridgehead atoms. The van der Waals surface area contributed by atoms with Crippen molar-refractivity contribution in [2.45, 2.75) is 13.0 Å². The first-order chi connectivity index (χ1) is 13.8. The van der Waals surface area contributed by atoms with Gasteiger partial charge >= 0.3 is 0 Å². The smallest absolute Gasteiger partial charge is 0.240 e. The van der Waals surface area contributed by atoms with Gasteiger partial charge in [-0.2, -0.15) is 5.26 Å². The van der Waals surface area contributed by atoms with Gasteiger partial charge in [0.2, 0.25) is 11.7 Å². The summed E-state index contributed by atoms with van der Waals surface area (Å²) in [6.07, 6.45) is 0. The highest BCUT2D eigenvalue weighted by Crippen LogP contribution is 2.35. The fourth-order valence-electron chi connectivity index (χ4n) is 2.64. The van der Waals surface area contributed by atoms with E-state index in [4.69, 9.17) is 16.7 Å². The maximum atomic E-state index is 13.3. The fraction of sp³-hybridized carbons (Fsp3) is 0.100. The van der Waals surface area contributed by atoms with Crippen molar-refractivity contribution in [1.29, 1.82) is 5.26 Å². The van der Waals surface area contributed by atoms with Gasteiger partial charge in [-0.1, -0.05) is 11.3 Å². The zero-order chi connectivity index (χ0) is 21.1. The minimum Gasteiger partial charge on any atom is -0.382 e. The number of nitrogens with two attached hydrogens (primary N) is 2. The molecule has 0 unspecified atom stereocenters. The molecule has 1 aromatic heterocycles. The van der Waals surface area contributed by atoms with Crippen LogP contribution < -0.4 is 16.4 Å². The second-order valence-corrected chi connectivity index (χ2v) is 7.13. The molecule has 1 heterocycles. The molecule has 0 radical (unpaired) electrons. The summed E-state index contributed by atoms with van der Waals surface area (Å²) in [6.45, 7) is 1.57. The molecular weight excluding hydrogens is 393 g/mol. The van der Waals surface area contributed by atoms with Crippen LogP contribution in [-0.4, -0.2) is 22.7 Å². The van der Waals surface area contributed by atoms with Crippen molar-refractivity contribution >= 4 is 39.7 Å². The van der Waals surface area contributed by atoms with Gasteiger partial charge in [0, 0.05) is 11.3 Å². The van der Waals surface area contributed by atoms with Crippen LogP contribution >= 0.6 is 11.3 Å². The van der Waals surface area contributed by atoms with Crippen molar-refractivity contribution in [1.82, 2.24) is 4.98 Å². The normalized spacial score (nSPS) is 11.5. The van der Waals surface area contributed by atoms with E-state index in [2.05, 4.69) is 4.98 Å². The van der Waals surface area contributed by atoms with Crippen molar-refractivity contribution < 1.29 is 14.0 Å². The summed E-state index contributed by atoms with van der Waals surface area (Å²) in [5.74, 6) is -1.41. The largest absolute Gasteiger partial charge is 0.382 e. The van der Waals surface area contributed by atoms with Gasteiger partial charge in [-0.25, -0.2) is 9.37 Å². The minimum absolute atomic E-state index is 0.00291. The number of anilines is 3. The van der Waals surface area contributed by atoms with E-state index in [0.717, 1.165) is 11.3 Å². The van der Waals surface area contributed by atoms with Crippen molar-refractivity contribution in [3.63, 3.8) is 0 Å². The summed E-state index contributed by atoms with van der Waals surface area (Å²) in [4.78, 5) is 30.6. The third-order valence-electron chi connectivity index (χ3n) is 4.23. The molecule has 1 amide bonds. The first-order valence-electron chi connectivity index (χ1n) is 8.47. The van der Waals surface area contributed by atoms with Crippen LogP contribution in [0, 0.1) is 17.1 Å². The highest BCUT2D eigenvalue weighted by Gasteiger charge is 2.27. The molecule has 9 heteroatoms. The Balaban J connectivity index is 2.02. The zero-order valence-electron chi connectivity index (χ0n) is 15.3. The minimum atomic E-state index is -0.816. The molecule has 4 N–H and O–H groups in total. The summed E-state index contributed by atoms with van der Waals surface area (Å²) in [5.41, 5.74) is 12.7. The molecule has 7 nitrogen and oxygen atoms in total. The predicted octanol–water partition coefficient (Wildman–Crippen LogP) is 2.98. The maximum Gasteiger partial charge on any atom is 0.240 e. The lowest BCUT2D eigenvalue weighted by atomic mass is 10.1. The van der Waals surface area contributed by atoms with Gasteiger partial charge in [-0.05, 0) is 55.5 Å². The van der Waals surface area contributed by atoms with Crippen LogP contribution in [0.4, 0.5) is 21.0 Å². The van der Waals surface area contributed by atoms with Gasteiger partial charge in [0.15, 0.2) is 5.13 Å². The van der Waals surface area contributed by atoms with E-state index in [0.29, 0.717) is 16.8 Å². The number of amides is 1. The summed E-state index contributed by atoms with van der Waals surface area (Å²) >= 11 is 0.999. The average molecular weight is 409 g/mol. The standard InChI is InChI=1S/C20H16FN5O2S/c1-11(19(24)28)26(15-8-6-14(21)7-9-15)20-25-18(23)17(29-20)16(27)13-4-2-12(10-22)3-5-13/h2-9,11H,23H2,1H3,(H2,24,28)/t11-/m1/s1. The van der Waals surface area contributed by atoms with Crippen LogP contribution in [0.3, 0.4) is 0 Å². The second kappa shape index (κ2) is 8.08. The van der Waals surface area contributed by atoms with Crippen LogP contribution in [-0.2, 0) is 4.79 Å². The van der Waals surface area contributed by atoms with E-state index in [1.165, 1.54) is 53.4 Å². The molecule has 1 atom stereocenters. The Morgan fingerprint density at radius 1 is 1.17 bits per heavy atom. The Hall–Kier alpha value is -3.77. The molecule has 0 aliphatic heterocycles. The van der Waals surface area contributed by atoms with E-state index in [9.17, 15) is 14.0 Å². The van der Waals surface area contributed by atoms with Crippen molar-refractivity contribution in [2.75, 3.05) is 10.6 Å². The van der Waals surface area contributed by atoms with Crippen LogP contribution in [0.15, 0.2) is 48.5 Å². The van der Waals surface area contributed by atoms with Crippen LogP contribution in [0.1, 0.15) is 27.7 Å². The van der Waals surface area contributed by atoms with E-state index in [1.54, 1.807) is 6.92 Å². The van der Waals surface area contributed by atoms with E-state index >= 15 is 0 Å². The molecule has 146 valence electrons. The predicted molar refractivity (Wildman–Crippen MR) is 108 cm³/mol. The van der Waals surface area contributed by atoms with Crippen molar-refractivity contribution in [3.05, 3.63) is 70.4 Å². The number of aromatic nitrogens is 1. The topological polar surface area (TPSA) is 126 Å². The lowest BCUT2D eigenvalue weighted by Gasteiger charge is -2.26. The van der Waals surface area contributed by atoms with E-state index in [1.807, 2.05) is 6.07 Å². The summed E-state index contributed by atoms with van der Waals surface area (Å²) in [6, 6.07) is 12.8. The lowest BCUT2D eigenvalue weighted by molar-refractivity contribution is -0.118. The summed E-state index contributed by atoms with van der Waals surface area (Å²) in [5, 5.41) is 9.16. The zero-order valence-corrected chi connectivity index (χ0v) is 16.1. The summed E-state index contributed by atoms with van der Waals surface area (Å²) in [7, 11) is 0. The molecule has 0 aliphatic rings. The van der Waals surface area contributed by atoms with Gasteiger partial charge in [-0.15, -0.1) is 0 Å². The SMILES string of the molecule is C[C@H](C(N)=O)N(c1ccc(F)cc1)c1nc(N)c(C(=O)c2ccc(C#N)cc2)s1. The van der Waals surface area contributed by atoms with Crippen LogP contribution in [0.2, 0.25) is 0 Å². The van der Waals surface area contributed by atoms with Gasteiger partial charge < -0.3 is 16.4 Å². The molecule has 3 aromatic rings. The Labute approximate surface area is 170 Å². The lowest BCUT2D eigenvalue weighted by Crippen LogP contribution is -2.39. The Morgan fingerprint density at radius 2 is 1.79 bits per heavy atom. The maximum absolute atomic E-state index is 13.3. The van der Waals surface area contributed by atoms with Crippen molar-refractivity contribution in [2.24, 2.45) is 5.73 Å². The third kappa shape index (κ3) is 4.07. The quantitative estimate of drug-likeness (QED) is 0.603. The number of primary amides is 1. The molecule has 0 saturated carbocycles. The Kier molecular flexibility index (Phi) is 5.57. The second-order valence-electron chi connectivity index (χ2n) is 6.15. The average Bonchev–Trinajstić information content (AvgIpc) is 3.10. The molecule has 0 saturated heterocycles. The Morgan fingerprint density at radius 3 is 2.34 bits per heavy atom. The molecule has 0 spiro atoms. The number of halogens is 1. The molecular formula is C20H16FN5O2S. The van der Waals surface area contributed by atoms with Crippen LogP contribution in [0.5, 0.6) is 0 Å². The highest BCUT2D eigenvalue weighted by atomic mass is 32.1. The van der Waals surface area contributed by atoms with Crippen molar-refractivity contribution in [3.8, 4) is 6.07 Å². The van der Waals surface area contributed by atoms with Gasteiger partial charge in [0.25, 0.3) is 0 Å². The number of carbonyl (C=O) groups excluding carboxylic acids is 2. The number of thiazole rings is 1. The van der Waals surface area contributed by atoms with Gasteiger partial charge in [0.05, 0.1) is 11.6 Å². The highest BCUT2D eigenvalue weighted by molar-refractivity contribution is 7.18. The number of hydrogen-bond acceptors (Lipinski definition) is 7.